The van der Waals surface area contributed by atoms with Crippen molar-refractivity contribution in [2.24, 2.45) is 16.3 Å². The first-order valence-corrected chi connectivity index (χ1v) is 6.10. The number of nitrogens with one attached hydrogen (secondary N) is 2. The van der Waals surface area contributed by atoms with E-state index in [0.717, 1.165) is 25.8 Å². The Kier molecular flexibility index (Phi) is 3.51. The smallest absolute Gasteiger partial charge is 0.220 e. The van der Waals surface area contributed by atoms with Crippen LogP contribution < -0.4 is 16.4 Å². The van der Waals surface area contributed by atoms with E-state index in [1.54, 1.807) is 0 Å². The number of hydrogen-bond donors (Lipinski definition) is 4. The molecule has 1 aliphatic carbocycles. The summed E-state index contributed by atoms with van der Waals surface area (Å²) in [7, 11) is 0. The second kappa shape index (κ2) is 4.91. The number of carbonyl (C=O) groups excluding carboxylic acids is 1. The molecule has 1 heterocycles. The maximum atomic E-state index is 11.0. The molecule has 6 nitrogen and oxygen atoms in total. The quantitative estimate of drug-likeness (QED) is 0.231. The maximum Gasteiger partial charge on any atom is 0.220 e. The molecule has 2 fully saturated rings. The zero-order valence-corrected chi connectivity index (χ0v) is 9.91. The van der Waals surface area contributed by atoms with Crippen LogP contribution in [0.15, 0.2) is 5.16 Å². The summed E-state index contributed by atoms with van der Waals surface area (Å²) in [6, 6.07) is 0.359. The maximum absolute atomic E-state index is 11.0. The molecule has 1 atom stereocenters. The Balaban J connectivity index is 1.73. The predicted octanol–water partition coefficient (Wildman–Crippen LogP) is -0.229. The van der Waals surface area contributed by atoms with Gasteiger partial charge in [-0.25, -0.2) is 0 Å². The van der Waals surface area contributed by atoms with Gasteiger partial charge in [-0.3, -0.25) is 4.79 Å². The van der Waals surface area contributed by atoms with Crippen LogP contribution in [-0.4, -0.2) is 36.1 Å². The standard InChI is InChI=1S/C11H20N4O2/c12-9(15-17)5-11(3-4-11)7-14-8-1-2-10(16)13-6-8/h8,14,17H,1-7H2,(H2,12,15)(H,13,16). The first-order chi connectivity index (χ1) is 8.13. The molecule has 0 aromatic heterocycles. The number of carbonyl (C=O) groups is 1. The average Bonchev–Trinajstić information content (AvgIpc) is 3.09. The molecule has 1 saturated heterocycles. The van der Waals surface area contributed by atoms with Crippen molar-refractivity contribution in [2.45, 2.75) is 38.1 Å². The second-order valence-corrected chi connectivity index (χ2v) is 5.19. The summed E-state index contributed by atoms with van der Waals surface area (Å²) in [6.07, 6.45) is 4.39. The van der Waals surface area contributed by atoms with Crippen molar-refractivity contribution < 1.29 is 10.0 Å². The van der Waals surface area contributed by atoms with Gasteiger partial charge in [0.1, 0.15) is 5.84 Å². The molecule has 1 saturated carbocycles. The molecule has 0 aromatic carbocycles. The van der Waals surface area contributed by atoms with Crippen molar-refractivity contribution in [1.82, 2.24) is 10.6 Å². The monoisotopic (exact) mass is 240 g/mol. The molecule has 6 heteroatoms. The highest BCUT2D eigenvalue weighted by Crippen LogP contribution is 2.48. The number of nitrogens with zero attached hydrogens (tertiary/aromatic N) is 1. The normalized spacial score (nSPS) is 27.6. The lowest BCUT2D eigenvalue weighted by atomic mass is 10.00. The van der Waals surface area contributed by atoms with E-state index in [4.69, 9.17) is 10.9 Å². The van der Waals surface area contributed by atoms with Gasteiger partial charge in [0.25, 0.3) is 0 Å². The van der Waals surface area contributed by atoms with Gasteiger partial charge in [-0.2, -0.15) is 0 Å². The lowest BCUT2D eigenvalue weighted by Gasteiger charge is -2.26. The van der Waals surface area contributed by atoms with Crippen molar-refractivity contribution in [2.75, 3.05) is 13.1 Å². The van der Waals surface area contributed by atoms with Crippen molar-refractivity contribution in [1.29, 1.82) is 0 Å². The summed E-state index contributed by atoms with van der Waals surface area (Å²) in [4.78, 5) is 11.0. The molecule has 0 aromatic rings. The van der Waals surface area contributed by atoms with Crippen molar-refractivity contribution >= 4 is 11.7 Å². The van der Waals surface area contributed by atoms with Crippen LogP contribution in [0.2, 0.25) is 0 Å². The van der Waals surface area contributed by atoms with Gasteiger partial charge in [0.2, 0.25) is 5.91 Å². The minimum atomic E-state index is 0.140. The second-order valence-electron chi connectivity index (χ2n) is 5.19. The molecule has 5 N–H and O–H groups in total. The van der Waals surface area contributed by atoms with Crippen molar-refractivity contribution in [3.8, 4) is 0 Å². The number of hydrogen-bond acceptors (Lipinski definition) is 4. The van der Waals surface area contributed by atoms with Gasteiger partial charge in [0.05, 0.1) is 0 Å². The summed E-state index contributed by atoms with van der Waals surface area (Å²) >= 11 is 0. The van der Waals surface area contributed by atoms with E-state index < -0.39 is 0 Å². The third-order valence-corrected chi connectivity index (χ3v) is 3.67. The third kappa shape index (κ3) is 3.33. The van der Waals surface area contributed by atoms with E-state index in [9.17, 15) is 4.79 Å². The zero-order chi connectivity index (χ0) is 12.3. The largest absolute Gasteiger partial charge is 0.409 e. The lowest BCUT2D eigenvalue weighted by Crippen LogP contribution is -2.47. The SMILES string of the molecule is NC(CC1(CNC2CCC(=O)NC2)CC1)=NO. The fraction of sp³-hybridized carbons (Fsp3) is 0.818. The summed E-state index contributed by atoms with van der Waals surface area (Å²) < 4.78 is 0. The summed E-state index contributed by atoms with van der Waals surface area (Å²) in [5.74, 6) is 0.446. The summed E-state index contributed by atoms with van der Waals surface area (Å²) in [6.45, 7) is 1.59. The van der Waals surface area contributed by atoms with Gasteiger partial charge in [-0.05, 0) is 24.7 Å². The Bertz CT molecular complexity index is 315. The Morgan fingerprint density at radius 3 is 2.94 bits per heavy atom. The number of nitrogens with two attached hydrogens (primary N) is 1. The molecule has 2 rings (SSSR count). The van der Waals surface area contributed by atoms with Gasteiger partial charge < -0.3 is 21.6 Å². The number of amides is 1. The number of piperidine rings is 1. The first-order valence-electron chi connectivity index (χ1n) is 6.10. The van der Waals surface area contributed by atoms with Crippen LogP contribution in [0.1, 0.15) is 32.1 Å². The highest BCUT2D eigenvalue weighted by molar-refractivity contribution is 5.80. The number of amidine groups is 1. The van der Waals surface area contributed by atoms with Gasteiger partial charge in [0.15, 0.2) is 0 Å². The zero-order valence-electron chi connectivity index (χ0n) is 9.91. The first kappa shape index (κ1) is 12.2. The van der Waals surface area contributed by atoms with Crippen molar-refractivity contribution in [3.05, 3.63) is 0 Å². The third-order valence-electron chi connectivity index (χ3n) is 3.67. The van der Waals surface area contributed by atoms with Crippen LogP contribution in [0.4, 0.5) is 0 Å². The van der Waals surface area contributed by atoms with Gasteiger partial charge >= 0.3 is 0 Å². The molecule has 0 radical (unpaired) electrons. The van der Waals surface area contributed by atoms with E-state index in [1.807, 2.05) is 0 Å². The van der Waals surface area contributed by atoms with E-state index in [-0.39, 0.29) is 11.3 Å². The highest BCUT2D eigenvalue weighted by Gasteiger charge is 2.43. The molecule has 96 valence electrons. The fourth-order valence-corrected chi connectivity index (χ4v) is 2.28. The molecule has 1 aliphatic heterocycles. The van der Waals surface area contributed by atoms with E-state index in [0.29, 0.717) is 31.3 Å². The van der Waals surface area contributed by atoms with Crippen LogP contribution in [0.25, 0.3) is 0 Å². The minimum Gasteiger partial charge on any atom is -0.409 e. The Morgan fingerprint density at radius 1 is 1.65 bits per heavy atom. The highest BCUT2D eigenvalue weighted by atomic mass is 16.4. The molecule has 2 aliphatic rings. The van der Waals surface area contributed by atoms with Crippen molar-refractivity contribution in [3.63, 3.8) is 0 Å². The van der Waals surface area contributed by atoms with E-state index in [2.05, 4.69) is 15.8 Å². The van der Waals surface area contributed by atoms with Crippen LogP contribution in [0.5, 0.6) is 0 Å². The molecular formula is C11H20N4O2. The van der Waals surface area contributed by atoms with Gasteiger partial charge in [-0.15, -0.1) is 0 Å². The Morgan fingerprint density at radius 2 is 2.41 bits per heavy atom. The molecule has 17 heavy (non-hydrogen) atoms. The molecule has 0 spiro atoms. The van der Waals surface area contributed by atoms with Gasteiger partial charge in [-0.1, -0.05) is 5.16 Å². The van der Waals surface area contributed by atoms with Crippen LogP contribution in [-0.2, 0) is 4.79 Å². The Hall–Kier alpha value is -1.30. The molecule has 1 unspecified atom stereocenters. The fourth-order valence-electron chi connectivity index (χ4n) is 2.28. The number of rotatable bonds is 5. The minimum absolute atomic E-state index is 0.140. The Labute approximate surface area is 101 Å². The van der Waals surface area contributed by atoms with Crippen LogP contribution in [0.3, 0.4) is 0 Å². The molecular weight excluding hydrogens is 220 g/mol. The molecule has 0 bridgehead atoms. The predicted molar refractivity (Wildman–Crippen MR) is 63.7 cm³/mol. The van der Waals surface area contributed by atoms with E-state index in [1.165, 1.54) is 0 Å². The van der Waals surface area contributed by atoms with E-state index >= 15 is 0 Å². The lowest BCUT2D eigenvalue weighted by molar-refractivity contribution is -0.122. The average molecular weight is 240 g/mol. The van der Waals surface area contributed by atoms with Gasteiger partial charge in [0, 0.05) is 32.0 Å². The molecule has 1 amide bonds. The number of oxime groups is 1. The summed E-state index contributed by atoms with van der Waals surface area (Å²) in [5, 5.41) is 17.9. The topological polar surface area (TPSA) is 99.7 Å². The van der Waals surface area contributed by atoms with Crippen LogP contribution in [0, 0.1) is 5.41 Å². The summed E-state index contributed by atoms with van der Waals surface area (Å²) in [5.41, 5.74) is 5.72. The van der Waals surface area contributed by atoms with Crippen LogP contribution >= 0.6 is 0 Å².